The predicted octanol–water partition coefficient (Wildman–Crippen LogP) is 4.44. The minimum Gasteiger partial charge on any atom is -0.506 e. The first-order valence-electron chi connectivity index (χ1n) is 14.3. The molecule has 2 aromatic carbocycles. The zero-order valence-electron chi connectivity index (χ0n) is 24.8. The molecule has 1 aliphatic rings. The number of nitrogens with one attached hydrogen (secondary N) is 1. The van der Waals surface area contributed by atoms with Gasteiger partial charge in [0.2, 0.25) is 5.91 Å². The van der Waals surface area contributed by atoms with Crippen LogP contribution in [0.25, 0.3) is 33.5 Å². The predicted molar refractivity (Wildman–Crippen MR) is 177 cm³/mol. The van der Waals surface area contributed by atoms with Gasteiger partial charge in [-0.1, -0.05) is 53.5 Å². The largest absolute Gasteiger partial charge is 0.506 e. The van der Waals surface area contributed by atoms with Crippen LogP contribution in [0.1, 0.15) is 17.3 Å². The molecule has 5 aromatic rings. The number of anilines is 2. The number of rotatable bonds is 7. The quantitative estimate of drug-likeness (QED) is 0.231. The molecule has 1 atom stereocenters. The Morgan fingerprint density at radius 3 is 2.61 bits per heavy atom. The van der Waals surface area contributed by atoms with E-state index in [9.17, 15) is 19.5 Å². The summed E-state index contributed by atoms with van der Waals surface area (Å²) in [6.45, 7) is 3.53. The van der Waals surface area contributed by atoms with Gasteiger partial charge in [0.15, 0.2) is 0 Å². The standard InChI is InChI=1S/C32H29Cl2N7O5/c1-17-16-46-9-8-41(17)25-12-24(23(34)13-36-25)37-26(42)15-40-14-21(19-10-20(29(35)44)28(43)22(33)11-19)27-31(40)38-30(39(2)32(27)45)18-6-4-3-5-7-18/h3-7,10-14,17,43H,8-9,15-16H2,1-2H3,(H2,35,44)(H,36,37,42). The molecular weight excluding hydrogens is 633 g/mol. The van der Waals surface area contributed by atoms with Crippen LogP contribution in [0.15, 0.2) is 65.7 Å². The highest BCUT2D eigenvalue weighted by molar-refractivity contribution is 6.34. The first-order chi connectivity index (χ1) is 22.0. The summed E-state index contributed by atoms with van der Waals surface area (Å²) < 4.78 is 8.48. The molecule has 1 aliphatic heterocycles. The average molecular weight is 663 g/mol. The summed E-state index contributed by atoms with van der Waals surface area (Å²) in [4.78, 5) is 50.9. The number of aromatic hydroxyl groups is 1. The summed E-state index contributed by atoms with van der Waals surface area (Å²) in [6.07, 6.45) is 3.07. The van der Waals surface area contributed by atoms with Gasteiger partial charge in [-0.25, -0.2) is 9.97 Å². The van der Waals surface area contributed by atoms with Crippen molar-refractivity contribution in [3.8, 4) is 28.3 Å². The number of primary amides is 1. The Balaban J connectivity index is 1.44. The second-order valence-corrected chi connectivity index (χ2v) is 11.8. The highest BCUT2D eigenvalue weighted by atomic mass is 35.5. The van der Waals surface area contributed by atoms with Gasteiger partial charge in [0.25, 0.3) is 11.5 Å². The van der Waals surface area contributed by atoms with Crippen LogP contribution in [0.2, 0.25) is 10.0 Å². The fourth-order valence-corrected chi connectivity index (χ4v) is 5.91. The number of nitrogens with zero attached hydrogens (tertiary/aromatic N) is 5. The number of benzene rings is 2. The summed E-state index contributed by atoms with van der Waals surface area (Å²) in [5, 5.41) is 13.5. The molecule has 0 spiro atoms. The number of ether oxygens (including phenoxy) is 1. The highest BCUT2D eigenvalue weighted by Crippen LogP contribution is 2.36. The lowest BCUT2D eigenvalue weighted by molar-refractivity contribution is -0.116. The van der Waals surface area contributed by atoms with Gasteiger partial charge in [-0.15, -0.1) is 0 Å². The molecule has 0 bridgehead atoms. The van der Waals surface area contributed by atoms with Crippen LogP contribution in [-0.4, -0.2) is 61.8 Å². The van der Waals surface area contributed by atoms with E-state index in [4.69, 9.17) is 38.7 Å². The number of pyridine rings is 1. The van der Waals surface area contributed by atoms with Crippen molar-refractivity contribution in [2.75, 3.05) is 30.0 Å². The number of phenols is 1. The van der Waals surface area contributed by atoms with Crippen molar-refractivity contribution in [1.82, 2.24) is 19.1 Å². The second kappa shape index (κ2) is 12.5. The van der Waals surface area contributed by atoms with Gasteiger partial charge in [0.1, 0.15) is 29.6 Å². The van der Waals surface area contributed by atoms with Crippen molar-refractivity contribution >= 4 is 57.6 Å². The van der Waals surface area contributed by atoms with E-state index in [0.29, 0.717) is 53.8 Å². The van der Waals surface area contributed by atoms with Gasteiger partial charge < -0.3 is 30.4 Å². The lowest BCUT2D eigenvalue weighted by atomic mass is 10.0. The van der Waals surface area contributed by atoms with Crippen LogP contribution in [0.3, 0.4) is 0 Å². The summed E-state index contributed by atoms with van der Waals surface area (Å²) >= 11 is 12.7. The molecular formula is C32H29Cl2N7O5. The van der Waals surface area contributed by atoms with E-state index in [0.717, 1.165) is 0 Å². The van der Waals surface area contributed by atoms with E-state index in [1.165, 1.54) is 22.9 Å². The molecule has 4 heterocycles. The first-order valence-corrected chi connectivity index (χ1v) is 15.1. The van der Waals surface area contributed by atoms with E-state index >= 15 is 0 Å². The number of morpholine rings is 1. The number of amides is 2. The average Bonchev–Trinajstić information content (AvgIpc) is 3.39. The molecule has 6 rings (SSSR count). The number of carbonyl (C=O) groups excluding carboxylic acids is 2. The monoisotopic (exact) mass is 661 g/mol. The Bertz CT molecular complexity index is 2060. The molecule has 46 heavy (non-hydrogen) atoms. The number of hydrogen-bond donors (Lipinski definition) is 3. The Kier molecular flexibility index (Phi) is 8.43. The molecule has 0 saturated carbocycles. The smallest absolute Gasteiger partial charge is 0.263 e. The summed E-state index contributed by atoms with van der Waals surface area (Å²) in [5.41, 5.74) is 6.82. The summed E-state index contributed by atoms with van der Waals surface area (Å²) in [5.74, 6) is -0.785. The zero-order chi connectivity index (χ0) is 32.7. The van der Waals surface area contributed by atoms with E-state index in [1.807, 2.05) is 37.3 Å². The van der Waals surface area contributed by atoms with Crippen molar-refractivity contribution in [3.63, 3.8) is 0 Å². The number of halogens is 2. The minimum absolute atomic E-state index is 0.0895. The molecule has 2 amide bonds. The van der Waals surface area contributed by atoms with Crippen molar-refractivity contribution in [2.24, 2.45) is 12.8 Å². The Labute approximate surface area is 272 Å². The third-order valence-corrected chi connectivity index (χ3v) is 8.45. The molecule has 0 aliphatic carbocycles. The number of hydrogen-bond acceptors (Lipinski definition) is 8. The molecule has 12 nitrogen and oxygen atoms in total. The molecule has 1 unspecified atom stereocenters. The normalized spacial score (nSPS) is 14.9. The Hall–Kier alpha value is -4.91. The van der Waals surface area contributed by atoms with Crippen LogP contribution >= 0.6 is 23.2 Å². The fourth-order valence-electron chi connectivity index (χ4n) is 5.54. The van der Waals surface area contributed by atoms with Gasteiger partial charge in [-0.3, -0.25) is 19.0 Å². The van der Waals surface area contributed by atoms with Gasteiger partial charge >= 0.3 is 0 Å². The number of aromatic nitrogens is 4. The Morgan fingerprint density at radius 1 is 1.13 bits per heavy atom. The van der Waals surface area contributed by atoms with E-state index in [2.05, 4.69) is 15.2 Å². The van der Waals surface area contributed by atoms with E-state index in [1.54, 1.807) is 23.9 Å². The SMILES string of the molecule is CC1COCCN1c1cc(NC(=O)Cn2cc(-c3cc(Cl)c(O)c(C(N)=O)c3)c3c(=O)n(C)c(-c4ccccc4)nc32)c(Cl)cn1. The van der Waals surface area contributed by atoms with Crippen LogP contribution < -0.4 is 21.5 Å². The van der Waals surface area contributed by atoms with Crippen LogP contribution in [0.5, 0.6) is 5.75 Å². The van der Waals surface area contributed by atoms with Crippen molar-refractivity contribution < 1.29 is 19.4 Å². The maximum absolute atomic E-state index is 13.9. The van der Waals surface area contributed by atoms with Crippen molar-refractivity contribution in [1.29, 1.82) is 0 Å². The zero-order valence-corrected chi connectivity index (χ0v) is 26.3. The number of carbonyl (C=O) groups is 2. The van der Waals surface area contributed by atoms with Gasteiger partial charge in [-0.2, -0.15) is 0 Å². The number of nitrogens with two attached hydrogens (primary N) is 1. The maximum atomic E-state index is 13.9. The van der Waals surface area contributed by atoms with E-state index < -0.39 is 23.1 Å². The molecule has 1 fully saturated rings. The van der Waals surface area contributed by atoms with Crippen LogP contribution in [-0.2, 0) is 23.1 Å². The molecule has 0 radical (unpaired) electrons. The Morgan fingerprint density at radius 2 is 1.89 bits per heavy atom. The topological polar surface area (TPSA) is 158 Å². The van der Waals surface area contributed by atoms with Gasteiger partial charge in [0.05, 0.1) is 52.1 Å². The summed E-state index contributed by atoms with van der Waals surface area (Å²) in [6, 6.07) is 13.7. The fraction of sp³-hybridized carbons (Fsp3) is 0.219. The third kappa shape index (κ3) is 5.78. The lowest BCUT2D eigenvalue weighted by Gasteiger charge is -2.34. The first kappa shape index (κ1) is 31.1. The van der Waals surface area contributed by atoms with Crippen LogP contribution in [0, 0.1) is 0 Å². The number of fused-ring (bicyclic) bond motifs is 1. The lowest BCUT2D eigenvalue weighted by Crippen LogP contribution is -2.44. The highest BCUT2D eigenvalue weighted by Gasteiger charge is 2.24. The van der Waals surface area contributed by atoms with Gasteiger partial charge in [0, 0.05) is 37.0 Å². The van der Waals surface area contributed by atoms with Gasteiger partial charge in [-0.05, 0) is 24.6 Å². The molecule has 4 N–H and O–H groups in total. The third-order valence-electron chi connectivity index (χ3n) is 7.86. The molecule has 1 saturated heterocycles. The summed E-state index contributed by atoms with van der Waals surface area (Å²) in [7, 11) is 1.60. The van der Waals surface area contributed by atoms with Crippen molar-refractivity contribution in [2.45, 2.75) is 19.5 Å². The molecule has 14 heteroatoms. The molecule has 3 aromatic heterocycles. The maximum Gasteiger partial charge on any atom is 0.263 e. The van der Waals surface area contributed by atoms with Crippen molar-refractivity contribution in [3.05, 3.63) is 86.9 Å². The second-order valence-electron chi connectivity index (χ2n) is 10.9. The van der Waals surface area contributed by atoms with Crippen LogP contribution in [0.4, 0.5) is 11.5 Å². The minimum atomic E-state index is -0.901. The molecule has 236 valence electrons. The van der Waals surface area contributed by atoms with E-state index in [-0.39, 0.29) is 39.2 Å².